The van der Waals surface area contributed by atoms with Gasteiger partial charge in [0, 0.05) is 27.3 Å². The van der Waals surface area contributed by atoms with Gasteiger partial charge in [0.25, 0.3) is 0 Å². The fourth-order valence-corrected chi connectivity index (χ4v) is 3.28. The van der Waals surface area contributed by atoms with Crippen LogP contribution in [0.1, 0.15) is 22.3 Å². The summed E-state index contributed by atoms with van der Waals surface area (Å²) >= 11 is 9.76. The van der Waals surface area contributed by atoms with Gasteiger partial charge in [-0.2, -0.15) is 0 Å². The van der Waals surface area contributed by atoms with E-state index in [0.717, 1.165) is 37.6 Å². The summed E-state index contributed by atoms with van der Waals surface area (Å²) in [6.07, 6.45) is 0. The molecule has 0 radical (unpaired) electrons. The number of rotatable bonds is 6. The Morgan fingerprint density at radius 2 is 1.85 bits per heavy atom. The summed E-state index contributed by atoms with van der Waals surface area (Å²) in [6, 6.07) is 20.4. The third-order valence-electron chi connectivity index (χ3n) is 4.15. The molecule has 0 bridgehead atoms. The zero-order valence-corrected chi connectivity index (χ0v) is 17.2. The van der Waals surface area contributed by atoms with Gasteiger partial charge < -0.3 is 10.1 Å². The van der Waals surface area contributed by atoms with Crippen molar-refractivity contribution in [3.8, 4) is 5.75 Å². The number of nitrogens with one attached hydrogen (secondary N) is 1. The van der Waals surface area contributed by atoms with E-state index in [9.17, 15) is 0 Å². The number of halogens is 2. The maximum absolute atomic E-state index is 6.21. The molecule has 0 aliphatic heterocycles. The normalized spacial score (nSPS) is 10.6. The van der Waals surface area contributed by atoms with Crippen molar-refractivity contribution in [3.63, 3.8) is 0 Å². The van der Waals surface area contributed by atoms with Gasteiger partial charge in [-0.05, 0) is 55.3 Å². The summed E-state index contributed by atoms with van der Waals surface area (Å²) in [6.45, 7) is 5.29. The molecule has 0 amide bonds. The van der Waals surface area contributed by atoms with E-state index >= 15 is 0 Å². The molecule has 0 heterocycles. The average molecular weight is 431 g/mol. The van der Waals surface area contributed by atoms with Gasteiger partial charge in [0.15, 0.2) is 0 Å². The maximum Gasteiger partial charge on any atom is 0.124 e. The van der Waals surface area contributed by atoms with Crippen LogP contribution in [0.5, 0.6) is 5.75 Å². The molecule has 0 saturated carbocycles. The molecule has 0 atom stereocenters. The summed E-state index contributed by atoms with van der Waals surface area (Å²) in [5.41, 5.74) is 5.55. The molecule has 0 aromatic heterocycles. The van der Waals surface area contributed by atoms with Crippen LogP contribution < -0.4 is 10.1 Å². The van der Waals surface area contributed by atoms with Crippen molar-refractivity contribution in [3.05, 3.63) is 92.4 Å². The quantitative estimate of drug-likeness (QED) is 0.458. The number of hydrogen-bond donors (Lipinski definition) is 1. The molecule has 0 fully saturated rings. The van der Waals surface area contributed by atoms with Gasteiger partial charge >= 0.3 is 0 Å². The van der Waals surface area contributed by atoms with E-state index in [4.69, 9.17) is 16.3 Å². The first kappa shape index (κ1) is 18.8. The largest absolute Gasteiger partial charge is 0.489 e. The second-order valence-corrected chi connectivity index (χ2v) is 7.67. The lowest BCUT2D eigenvalue weighted by Crippen LogP contribution is -2.04. The number of benzene rings is 3. The van der Waals surface area contributed by atoms with Crippen molar-refractivity contribution < 1.29 is 4.74 Å². The molecule has 0 aliphatic rings. The van der Waals surface area contributed by atoms with Crippen LogP contribution >= 0.6 is 27.5 Å². The SMILES string of the molecule is Cc1cccc(COc2ccc(Br)cc2CNc2ccc(C)c(Cl)c2)c1. The Kier molecular flexibility index (Phi) is 6.23. The standard InChI is InChI=1S/C22H21BrClNO/c1-15-4-3-5-17(10-15)14-26-22-9-7-19(23)11-18(22)13-25-20-8-6-16(2)21(24)12-20/h3-12,25H,13-14H2,1-2H3. The second-order valence-electron chi connectivity index (χ2n) is 6.35. The molecular weight excluding hydrogens is 410 g/mol. The molecule has 4 heteroatoms. The molecule has 2 nitrogen and oxygen atoms in total. The zero-order valence-electron chi connectivity index (χ0n) is 14.9. The highest BCUT2D eigenvalue weighted by atomic mass is 79.9. The summed E-state index contributed by atoms with van der Waals surface area (Å²) in [5, 5.41) is 4.18. The fraction of sp³-hybridized carbons (Fsp3) is 0.182. The first-order valence-corrected chi connectivity index (χ1v) is 9.65. The minimum absolute atomic E-state index is 0.548. The zero-order chi connectivity index (χ0) is 18.5. The van der Waals surface area contributed by atoms with Crippen molar-refractivity contribution in [2.75, 3.05) is 5.32 Å². The van der Waals surface area contributed by atoms with Crippen LogP contribution in [0.25, 0.3) is 0 Å². The molecule has 0 spiro atoms. The molecular formula is C22H21BrClNO. The average Bonchev–Trinajstić information content (AvgIpc) is 2.62. The molecule has 3 aromatic carbocycles. The Bertz CT molecular complexity index is 910. The molecule has 0 aliphatic carbocycles. The van der Waals surface area contributed by atoms with Crippen LogP contribution in [-0.4, -0.2) is 0 Å². The third kappa shape index (κ3) is 5.03. The number of aryl methyl sites for hydroxylation is 2. The maximum atomic E-state index is 6.21. The van der Waals surface area contributed by atoms with Gasteiger partial charge in [-0.25, -0.2) is 0 Å². The highest BCUT2D eigenvalue weighted by molar-refractivity contribution is 9.10. The van der Waals surface area contributed by atoms with Gasteiger partial charge in [0.1, 0.15) is 12.4 Å². The van der Waals surface area contributed by atoms with Gasteiger partial charge in [-0.3, -0.25) is 0 Å². The van der Waals surface area contributed by atoms with Gasteiger partial charge in [0.05, 0.1) is 0 Å². The van der Waals surface area contributed by atoms with Crippen LogP contribution in [0.2, 0.25) is 5.02 Å². The van der Waals surface area contributed by atoms with E-state index in [-0.39, 0.29) is 0 Å². The second kappa shape index (κ2) is 8.61. The van der Waals surface area contributed by atoms with E-state index in [0.29, 0.717) is 13.2 Å². The minimum Gasteiger partial charge on any atom is -0.489 e. The number of anilines is 1. The first-order valence-electron chi connectivity index (χ1n) is 8.48. The highest BCUT2D eigenvalue weighted by Gasteiger charge is 2.07. The first-order chi connectivity index (χ1) is 12.5. The van der Waals surface area contributed by atoms with Crippen LogP contribution in [0, 0.1) is 13.8 Å². The summed E-state index contributed by atoms with van der Waals surface area (Å²) < 4.78 is 7.10. The van der Waals surface area contributed by atoms with E-state index in [1.807, 2.05) is 37.3 Å². The van der Waals surface area contributed by atoms with Crippen molar-refractivity contribution in [2.24, 2.45) is 0 Å². The smallest absolute Gasteiger partial charge is 0.124 e. The molecule has 3 rings (SSSR count). The van der Waals surface area contributed by atoms with Gasteiger partial charge in [-0.1, -0.05) is 63.4 Å². The van der Waals surface area contributed by atoms with Gasteiger partial charge in [0.2, 0.25) is 0 Å². The van der Waals surface area contributed by atoms with Crippen molar-refractivity contribution in [1.82, 2.24) is 0 Å². The fourth-order valence-electron chi connectivity index (χ4n) is 2.69. The van der Waals surface area contributed by atoms with Crippen molar-refractivity contribution in [2.45, 2.75) is 27.0 Å². The Morgan fingerprint density at radius 3 is 2.62 bits per heavy atom. The molecule has 134 valence electrons. The molecule has 3 aromatic rings. The lowest BCUT2D eigenvalue weighted by atomic mass is 10.1. The molecule has 1 N–H and O–H groups in total. The minimum atomic E-state index is 0.548. The predicted molar refractivity (Wildman–Crippen MR) is 113 cm³/mol. The number of ether oxygens (including phenoxy) is 1. The van der Waals surface area contributed by atoms with Crippen LogP contribution in [0.15, 0.2) is 65.1 Å². The Labute approximate surface area is 168 Å². The van der Waals surface area contributed by atoms with Crippen molar-refractivity contribution >= 4 is 33.2 Å². The van der Waals surface area contributed by atoms with E-state index in [1.54, 1.807) is 0 Å². The highest BCUT2D eigenvalue weighted by Crippen LogP contribution is 2.26. The van der Waals surface area contributed by atoms with E-state index in [2.05, 4.69) is 58.5 Å². The van der Waals surface area contributed by atoms with E-state index < -0.39 is 0 Å². The van der Waals surface area contributed by atoms with Crippen LogP contribution in [0.4, 0.5) is 5.69 Å². The summed E-state index contributed by atoms with van der Waals surface area (Å²) in [4.78, 5) is 0. The predicted octanol–water partition coefficient (Wildman–Crippen LogP) is 6.91. The van der Waals surface area contributed by atoms with Crippen LogP contribution in [0.3, 0.4) is 0 Å². The Morgan fingerprint density at radius 1 is 1.00 bits per heavy atom. The van der Waals surface area contributed by atoms with Gasteiger partial charge in [-0.15, -0.1) is 0 Å². The Hall–Kier alpha value is -1.97. The molecule has 0 saturated heterocycles. The molecule has 26 heavy (non-hydrogen) atoms. The third-order valence-corrected chi connectivity index (χ3v) is 5.05. The topological polar surface area (TPSA) is 21.3 Å². The van der Waals surface area contributed by atoms with Crippen molar-refractivity contribution in [1.29, 1.82) is 0 Å². The summed E-state index contributed by atoms with van der Waals surface area (Å²) in [7, 11) is 0. The van der Waals surface area contributed by atoms with E-state index in [1.165, 1.54) is 5.56 Å². The monoisotopic (exact) mass is 429 g/mol. The molecule has 0 unspecified atom stereocenters. The number of hydrogen-bond acceptors (Lipinski definition) is 2. The summed E-state index contributed by atoms with van der Waals surface area (Å²) in [5.74, 6) is 0.875. The lowest BCUT2D eigenvalue weighted by Gasteiger charge is -2.14. The lowest BCUT2D eigenvalue weighted by molar-refractivity contribution is 0.303. The van der Waals surface area contributed by atoms with Crippen LogP contribution in [-0.2, 0) is 13.2 Å². The Balaban J connectivity index is 1.71.